The third-order valence-electron chi connectivity index (χ3n) is 2.93. The van der Waals surface area contributed by atoms with Gasteiger partial charge in [-0.15, -0.1) is 0 Å². The SMILES string of the molecule is NCCOc1ccc(Nc2cnc3ccccn23)cc1. The summed E-state index contributed by atoms with van der Waals surface area (Å²) < 4.78 is 7.44. The molecular weight excluding hydrogens is 252 g/mol. The number of pyridine rings is 1. The van der Waals surface area contributed by atoms with Gasteiger partial charge in [0.05, 0.1) is 6.20 Å². The number of nitrogens with one attached hydrogen (secondary N) is 1. The summed E-state index contributed by atoms with van der Waals surface area (Å²) in [6.07, 6.45) is 3.79. The number of ether oxygens (including phenoxy) is 1. The first kappa shape index (κ1) is 12.5. The highest BCUT2D eigenvalue weighted by molar-refractivity contribution is 5.60. The number of benzene rings is 1. The van der Waals surface area contributed by atoms with E-state index in [-0.39, 0.29) is 0 Å². The van der Waals surface area contributed by atoms with Crippen molar-refractivity contribution in [2.24, 2.45) is 5.73 Å². The van der Waals surface area contributed by atoms with Crippen LogP contribution in [0.15, 0.2) is 54.9 Å². The third kappa shape index (κ3) is 2.57. The number of imidazole rings is 1. The van der Waals surface area contributed by atoms with Gasteiger partial charge in [0.25, 0.3) is 0 Å². The average Bonchev–Trinajstić information content (AvgIpc) is 2.90. The molecule has 3 aromatic rings. The van der Waals surface area contributed by atoms with Crippen LogP contribution in [0.2, 0.25) is 0 Å². The molecule has 1 aromatic carbocycles. The summed E-state index contributed by atoms with van der Waals surface area (Å²) in [5.41, 5.74) is 7.30. The molecule has 2 aromatic heterocycles. The highest BCUT2D eigenvalue weighted by atomic mass is 16.5. The van der Waals surface area contributed by atoms with Crippen molar-refractivity contribution >= 4 is 17.2 Å². The van der Waals surface area contributed by atoms with Crippen LogP contribution in [-0.4, -0.2) is 22.5 Å². The van der Waals surface area contributed by atoms with Crippen molar-refractivity contribution in [3.63, 3.8) is 0 Å². The van der Waals surface area contributed by atoms with Crippen molar-refractivity contribution < 1.29 is 4.74 Å². The van der Waals surface area contributed by atoms with E-state index in [1.807, 2.05) is 59.3 Å². The van der Waals surface area contributed by atoms with Gasteiger partial charge in [-0.05, 0) is 36.4 Å². The minimum Gasteiger partial charge on any atom is -0.492 e. The zero-order valence-electron chi connectivity index (χ0n) is 11.0. The standard InChI is InChI=1S/C15H16N4O/c16-8-10-20-13-6-4-12(5-7-13)18-15-11-17-14-3-1-2-9-19(14)15/h1-7,9,11,18H,8,10,16H2. The third-order valence-corrected chi connectivity index (χ3v) is 2.93. The van der Waals surface area contributed by atoms with Crippen molar-refractivity contribution in [1.82, 2.24) is 9.38 Å². The molecule has 0 fully saturated rings. The van der Waals surface area contributed by atoms with Crippen molar-refractivity contribution in [3.8, 4) is 5.75 Å². The van der Waals surface area contributed by atoms with Crippen molar-refractivity contribution in [2.45, 2.75) is 0 Å². The number of fused-ring (bicyclic) bond motifs is 1. The molecule has 0 spiro atoms. The van der Waals surface area contributed by atoms with Crippen LogP contribution < -0.4 is 15.8 Å². The molecule has 5 heteroatoms. The van der Waals surface area contributed by atoms with Gasteiger partial charge in [0.15, 0.2) is 0 Å². The van der Waals surface area contributed by atoms with E-state index in [1.54, 1.807) is 0 Å². The molecule has 0 saturated carbocycles. The fourth-order valence-corrected chi connectivity index (χ4v) is 1.98. The Labute approximate surface area is 117 Å². The molecule has 102 valence electrons. The summed E-state index contributed by atoms with van der Waals surface area (Å²) in [6, 6.07) is 13.7. The second kappa shape index (κ2) is 5.63. The second-order valence-corrected chi connectivity index (χ2v) is 4.36. The van der Waals surface area contributed by atoms with Crippen LogP contribution in [-0.2, 0) is 0 Å². The highest BCUT2D eigenvalue weighted by Crippen LogP contribution is 2.20. The van der Waals surface area contributed by atoms with E-state index in [1.165, 1.54) is 0 Å². The second-order valence-electron chi connectivity index (χ2n) is 4.36. The van der Waals surface area contributed by atoms with Crippen molar-refractivity contribution in [1.29, 1.82) is 0 Å². The van der Waals surface area contributed by atoms with E-state index in [4.69, 9.17) is 10.5 Å². The van der Waals surface area contributed by atoms with Crippen LogP contribution in [0.25, 0.3) is 5.65 Å². The van der Waals surface area contributed by atoms with E-state index in [0.717, 1.165) is 22.9 Å². The summed E-state index contributed by atoms with van der Waals surface area (Å²) in [4.78, 5) is 4.33. The van der Waals surface area contributed by atoms with Crippen molar-refractivity contribution in [3.05, 3.63) is 54.9 Å². The maximum Gasteiger partial charge on any atom is 0.138 e. The molecule has 5 nitrogen and oxygen atoms in total. The van der Waals surface area contributed by atoms with E-state index < -0.39 is 0 Å². The van der Waals surface area contributed by atoms with Crippen LogP contribution in [0, 0.1) is 0 Å². The van der Waals surface area contributed by atoms with Gasteiger partial charge in [-0.3, -0.25) is 4.40 Å². The number of aromatic nitrogens is 2. The molecular formula is C15H16N4O. The van der Waals surface area contributed by atoms with Crippen LogP contribution in [0.3, 0.4) is 0 Å². The van der Waals surface area contributed by atoms with Gasteiger partial charge in [-0.2, -0.15) is 0 Å². The van der Waals surface area contributed by atoms with Gasteiger partial charge in [0.1, 0.15) is 23.8 Å². The number of hydrogen-bond donors (Lipinski definition) is 2. The monoisotopic (exact) mass is 268 g/mol. The summed E-state index contributed by atoms with van der Waals surface area (Å²) in [5.74, 6) is 1.75. The smallest absolute Gasteiger partial charge is 0.138 e. The fourth-order valence-electron chi connectivity index (χ4n) is 1.98. The lowest BCUT2D eigenvalue weighted by Gasteiger charge is -2.08. The summed E-state index contributed by atoms with van der Waals surface area (Å²) in [5, 5.41) is 3.33. The number of nitrogens with two attached hydrogens (primary N) is 1. The minimum atomic E-state index is 0.516. The Balaban J connectivity index is 1.77. The largest absolute Gasteiger partial charge is 0.492 e. The number of anilines is 2. The molecule has 0 aliphatic carbocycles. The van der Waals surface area contributed by atoms with Gasteiger partial charge in [0, 0.05) is 18.4 Å². The molecule has 20 heavy (non-hydrogen) atoms. The number of rotatable bonds is 5. The zero-order valence-corrected chi connectivity index (χ0v) is 11.0. The van der Waals surface area contributed by atoms with Gasteiger partial charge in [0.2, 0.25) is 0 Å². The summed E-state index contributed by atoms with van der Waals surface area (Å²) in [6.45, 7) is 1.04. The molecule has 0 radical (unpaired) electrons. The molecule has 0 aliphatic rings. The van der Waals surface area contributed by atoms with Crippen LogP contribution in [0.5, 0.6) is 5.75 Å². The first-order chi connectivity index (χ1) is 9.86. The quantitative estimate of drug-likeness (QED) is 0.746. The first-order valence-corrected chi connectivity index (χ1v) is 6.49. The van der Waals surface area contributed by atoms with Crippen LogP contribution in [0.4, 0.5) is 11.5 Å². The van der Waals surface area contributed by atoms with Crippen LogP contribution >= 0.6 is 0 Å². The first-order valence-electron chi connectivity index (χ1n) is 6.49. The molecule has 0 saturated heterocycles. The van der Waals surface area contributed by atoms with Crippen LogP contribution in [0.1, 0.15) is 0 Å². The molecule has 0 aliphatic heterocycles. The van der Waals surface area contributed by atoms with Gasteiger partial charge in [-0.25, -0.2) is 4.98 Å². The van der Waals surface area contributed by atoms with E-state index >= 15 is 0 Å². The molecule has 0 bridgehead atoms. The zero-order chi connectivity index (χ0) is 13.8. The maximum absolute atomic E-state index is 5.45. The Morgan fingerprint density at radius 2 is 2.00 bits per heavy atom. The number of nitrogens with zero attached hydrogens (tertiary/aromatic N) is 2. The molecule has 0 atom stereocenters. The van der Waals surface area contributed by atoms with E-state index in [9.17, 15) is 0 Å². The Morgan fingerprint density at radius 1 is 1.15 bits per heavy atom. The topological polar surface area (TPSA) is 64.6 Å². The Hall–Kier alpha value is -2.53. The lowest BCUT2D eigenvalue weighted by molar-refractivity contribution is 0.328. The summed E-state index contributed by atoms with van der Waals surface area (Å²) in [7, 11) is 0. The van der Waals surface area contributed by atoms with Gasteiger partial charge < -0.3 is 15.8 Å². The minimum absolute atomic E-state index is 0.516. The molecule has 3 rings (SSSR count). The highest BCUT2D eigenvalue weighted by Gasteiger charge is 2.02. The maximum atomic E-state index is 5.45. The number of hydrogen-bond acceptors (Lipinski definition) is 4. The van der Waals surface area contributed by atoms with Gasteiger partial charge >= 0.3 is 0 Å². The molecule has 0 amide bonds. The molecule has 2 heterocycles. The van der Waals surface area contributed by atoms with Gasteiger partial charge in [-0.1, -0.05) is 6.07 Å². The summed E-state index contributed by atoms with van der Waals surface area (Å²) >= 11 is 0. The van der Waals surface area contributed by atoms with E-state index in [2.05, 4.69) is 10.3 Å². The molecule has 0 unspecified atom stereocenters. The predicted molar refractivity (Wildman–Crippen MR) is 79.5 cm³/mol. The van der Waals surface area contributed by atoms with E-state index in [0.29, 0.717) is 13.2 Å². The average molecular weight is 268 g/mol. The Morgan fingerprint density at radius 3 is 2.80 bits per heavy atom. The normalized spacial score (nSPS) is 10.7. The lowest BCUT2D eigenvalue weighted by atomic mass is 10.3. The predicted octanol–water partition coefficient (Wildman–Crippen LogP) is 2.42. The Kier molecular flexibility index (Phi) is 3.52. The Bertz CT molecular complexity index is 690. The van der Waals surface area contributed by atoms with Crippen molar-refractivity contribution in [2.75, 3.05) is 18.5 Å². The lowest BCUT2D eigenvalue weighted by Crippen LogP contribution is -2.10. The molecule has 3 N–H and O–H groups in total. The fraction of sp³-hybridized carbons (Fsp3) is 0.133.